The van der Waals surface area contributed by atoms with Crippen molar-refractivity contribution in [1.82, 2.24) is 14.7 Å². The van der Waals surface area contributed by atoms with Crippen LogP contribution in [-0.4, -0.2) is 33.6 Å². The van der Waals surface area contributed by atoms with E-state index in [1.165, 1.54) is 16.7 Å². The SMILES string of the molecule is O=C(CCc1ccccc1)C1CCCN(Cc2ccccc2Cn2cccn2)C1. The molecule has 0 radical (unpaired) electrons. The molecular weight excluding hydrogens is 358 g/mol. The molecule has 3 aromatic rings. The Morgan fingerprint density at radius 3 is 2.48 bits per heavy atom. The van der Waals surface area contributed by atoms with Crippen LogP contribution < -0.4 is 0 Å². The number of piperidine rings is 1. The fourth-order valence-corrected chi connectivity index (χ4v) is 4.25. The van der Waals surface area contributed by atoms with Crippen LogP contribution in [0.15, 0.2) is 73.1 Å². The van der Waals surface area contributed by atoms with Gasteiger partial charge in [0.05, 0.1) is 6.54 Å². The summed E-state index contributed by atoms with van der Waals surface area (Å²) in [5, 5.41) is 4.34. The number of aromatic nitrogens is 2. The molecular formula is C25H29N3O. The molecule has 4 rings (SSSR count). The lowest BCUT2D eigenvalue weighted by atomic mass is 9.90. The normalized spacial score (nSPS) is 17.3. The molecule has 2 aromatic carbocycles. The molecule has 1 unspecified atom stereocenters. The molecule has 1 aliphatic rings. The van der Waals surface area contributed by atoms with E-state index in [2.05, 4.69) is 46.4 Å². The summed E-state index contributed by atoms with van der Waals surface area (Å²) in [5.74, 6) is 0.592. The molecule has 1 fully saturated rings. The molecule has 1 aromatic heterocycles. The smallest absolute Gasteiger partial charge is 0.137 e. The van der Waals surface area contributed by atoms with Gasteiger partial charge in [-0.25, -0.2) is 0 Å². The van der Waals surface area contributed by atoms with Gasteiger partial charge in [0.2, 0.25) is 0 Å². The number of hydrogen-bond donors (Lipinski definition) is 0. The van der Waals surface area contributed by atoms with E-state index in [1.807, 2.05) is 41.3 Å². The number of carbonyl (C=O) groups excluding carboxylic acids is 1. The van der Waals surface area contributed by atoms with Crippen LogP contribution in [0.5, 0.6) is 0 Å². The van der Waals surface area contributed by atoms with Gasteiger partial charge in [-0.2, -0.15) is 5.10 Å². The molecule has 0 aliphatic carbocycles. The highest BCUT2D eigenvalue weighted by atomic mass is 16.1. The Kier molecular flexibility index (Phi) is 6.52. The Labute approximate surface area is 173 Å². The van der Waals surface area contributed by atoms with Crippen LogP contribution in [0.1, 0.15) is 36.0 Å². The first-order valence-electron chi connectivity index (χ1n) is 10.6. The van der Waals surface area contributed by atoms with Crippen molar-refractivity contribution in [2.75, 3.05) is 13.1 Å². The summed E-state index contributed by atoms with van der Waals surface area (Å²) in [5.41, 5.74) is 3.88. The maximum absolute atomic E-state index is 12.8. The lowest BCUT2D eigenvalue weighted by Crippen LogP contribution is -2.38. The Bertz CT molecular complexity index is 905. The molecule has 4 heteroatoms. The van der Waals surface area contributed by atoms with E-state index in [1.54, 1.807) is 0 Å². The molecule has 2 heterocycles. The lowest BCUT2D eigenvalue weighted by molar-refractivity contribution is -0.124. The van der Waals surface area contributed by atoms with E-state index in [4.69, 9.17) is 0 Å². The van der Waals surface area contributed by atoms with Crippen LogP contribution in [0, 0.1) is 5.92 Å². The van der Waals surface area contributed by atoms with Crippen LogP contribution in [0.2, 0.25) is 0 Å². The van der Waals surface area contributed by atoms with Crippen molar-refractivity contribution in [3.05, 3.63) is 89.7 Å². The van der Waals surface area contributed by atoms with Crippen LogP contribution in [-0.2, 0) is 24.3 Å². The standard InChI is InChI=1S/C25H29N3O/c29-25(14-13-21-8-2-1-3-9-21)24-12-6-16-27(19-24)18-22-10-4-5-11-23(22)20-28-17-7-15-26-28/h1-5,7-11,15,17,24H,6,12-14,16,18-20H2. The second-order valence-electron chi connectivity index (χ2n) is 8.00. The maximum atomic E-state index is 12.8. The molecule has 1 atom stereocenters. The van der Waals surface area contributed by atoms with Gasteiger partial charge in [-0.1, -0.05) is 54.6 Å². The predicted octanol–water partition coefficient (Wildman–Crippen LogP) is 4.35. The minimum Gasteiger partial charge on any atom is -0.299 e. The average molecular weight is 388 g/mol. The van der Waals surface area contributed by atoms with Crippen LogP contribution in [0.3, 0.4) is 0 Å². The highest BCUT2D eigenvalue weighted by Gasteiger charge is 2.25. The summed E-state index contributed by atoms with van der Waals surface area (Å²) in [6, 6.07) is 20.9. The minimum absolute atomic E-state index is 0.172. The first-order chi connectivity index (χ1) is 14.3. The van der Waals surface area contributed by atoms with Gasteiger partial charge in [0, 0.05) is 37.8 Å². The summed E-state index contributed by atoms with van der Waals surface area (Å²) in [6.45, 7) is 3.64. The number of benzene rings is 2. The molecule has 0 saturated carbocycles. The van der Waals surface area contributed by atoms with Crippen LogP contribution in [0.25, 0.3) is 0 Å². The van der Waals surface area contributed by atoms with Crippen molar-refractivity contribution >= 4 is 5.78 Å². The number of Topliss-reactive ketones (excluding diaryl/α,β-unsaturated/α-hetero) is 1. The molecule has 0 amide bonds. The number of ketones is 1. The zero-order valence-corrected chi connectivity index (χ0v) is 16.9. The molecule has 1 saturated heterocycles. The Morgan fingerprint density at radius 2 is 1.72 bits per heavy atom. The van der Waals surface area contributed by atoms with E-state index in [0.717, 1.165) is 45.4 Å². The minimum atomic E-state index is 0.172. The van der Waals surface area contributed by atoms with Crippen molar-refractivity contribution < 1.29 is 4.79 Å². The molecule has 4 nitrogen and oxygen atoms in total. The summed E-state index contributed by atoms with van der Waals surface area (Å²) >= 11 is 0. The first-order valence-corrected chi connectivity index (χ1v) is 10.6. The number of aryl methyl sites for hydroxylation is 1. The third-order valence-corrected chi connectivity index (χ3v) is 5.87. The molecule has 29 heavy (non-hydrogen) atoms. The van der Waals surface area contributed by atoms with Gasteiger partial charge in [0.25, 0.3) is 0 Å². The molecule has 1 aliphatic heterocycles. The Morgan fingerprint density at radius 1 is 0.966 bits per heavy atom. The quantitative estimate of drug-likeness (QED) is 0.577. The monoisotopic (exact) mass is 387 g/mol. The zero-order chi connectivity index (χ0) is 19.9. The van der Waals surface area contributed by atoms with Gasteiger partial charge >= 0.3 is 0 Å². The summed E-state index contributed by atoms with van der Waals surface area (Å²) in [7, 11) is 0. The molecule has 0 N–H and O–H groups in total. The van der Waals surface area contributed by atoms with Crippen molar-refractivity contribution in [2.45, 2.75) is 38.8 Å². The number of rotatable bonds is 8. The van der Waals surface area contributed by atoms with Gasteiger partial charge in [-0.3, -0.25) is 14.4 Å². The predicted molar refractivity (Wildman–Crippen MR) is 116 cm³/mol. The van der Waals surface area contributed by atoms with Crippen molar-refractivity contribution in [1.29, 1.82) is 0 Å². The largest absolute Gasteiger partial charge is 0.299 e. The summed E-state index contributed by atoms with van der Waals surface area (Å²) in [6.07, 6.45) is 7.45. The molecule has 0 spiro atoms. The second kappa shape index (κ2) is 9.66. The number of carbonyl (C=O) groups is 1. The van der Waals surface area contributed by atoms with E-state index in [0.29, 0.717) is 12.2 Å². The second-order valence-corrected chi connectivity index (χ2v) is 8.00. The van der Waals surface area contributed by atoms with Crippen molar-refractivity contribution in [3.8, 4) is 0 Å². The topological polar surface area (TPSA) is 38.1 Å². The van der Waals surface area contributed by atoms with E-state index < -0.39 is 0 Å². The number of nitrogens with zero attached hydrogens (tertiary/aromatic N) is 3. The highest BCUT2D eigenvalue weighted by molar-refractivity contribution is 5.81. The summed E-state index contributed by atoms with van der Waals surface area (Å²) in [4.78, 5) is 15.3. The van der Waals surface area contributed by atoms with Crippen LogP contribution in [0.4, 0.5) is 0 Å². The first kappa shape index (κ1) is 19.6. The van der Waals surface area contributed by atoms with Gasteiger partial charge < -0.3 is 0 Å². The van der Waals surface area contributed by atoms with Crippen molar-refractivity contribution in [3.63, 3.8) is 0 Å². The van der Waals surface area contributed by atoms with E-state index in [9.17, 15) is 4.79 Å². The van der Waals surface area contributed by atoms with Crippen molar-refractivity contribution in [2.24, 2.45) is 5.92 Å². The Balaban J connectivity index is 1.35. The van der Waals surface area contributed by atoms with E-state index >= 15 is 0 Å². The number of hydrogen-bond acceptors (Lipinski definition) is 3. The summed E-state index contributed by atoms with van der Waals surface area (Å²) < 4.78 is 1.96. The third-order valence-electron chi connectivity index (χ3n) is 5.87. The Hall–Kier alpha value is -2.72. The lowest BCUT2D eigenvalue weighted by Gasteiger charge is -2.32. The zero-order valence-electron chi connectivity index (χ0n) is 16.9. The average Bonchev–Trinajstić information content (AvgIpc) is 3.27. The van der Waals surface area contributed by atoms with Crippen LogP contribution >= 0.6 is 0 Å². The molecule has 150 valence electrons. The highest BCUT2D eigenvalue weighted by Crippen LogP contribution is 2.22. The third kappa shape index (κ3) is 5.42. The molecule has 0 bridgehead atoms. The van der Waals surface area contributed by atoms with E-state index in [-0.39, 0.29) is 5.92 Å². The fourth-order valence-electron chi connectivity index (χ4n) is 4.25. The number of likely N-dealkylation sites (tertiary alicyclic amines) is 1. The maximum Gasteiger partial charge on any atom is 0.137 e. The van der Waals surface area contributed by atoms with Gasteiger partial charge in [0.1, 0.15) is 5.78 Å². The van der Waals surface area contributed by atoms with Gasteiger partial charge in [0.15, 0.2) is 0 Å². The fraction of sp³-hybridized carbons (Fsp3) is 0.360. The van der Waals surface area contributed by atoms with Gasteiger partial charge in [-0.05, 0) is 48.6 Å². The van der Waals surface area contributed by atoms with Gasteiger partial charge in [-0.15, -0.1) is 0 Å².